The van der Waals surface area contributed by atoms with Crippen LogP contribution in [0, 0.1) is 0 Å². The molecule has 4 saturated heterocycles. The first kappa shape index (κ1) is 153. The van der Waals surface area contributed by atoms with E-state index in [1.807, 2.05) is 4.72 Å². The third kappa shape index (κ3) is 50.7. The number of carbonyl (C=O) groups is 4. The third-order valence-corrected chi connectivity index (χ3v) is 20.4. The summed E-state index contributed by atoms with van der Waals surface area (Å²) in [4.78, 5) is 44.0. The molecule has 8 rings (SSSR count). The molecule has 8 aliphatic heterocycles. The molecule has 0 aromatic carbocycles. The first-order valence-electron chi connectivity index (χ1n) is 32.5. The minimum Gasteiger partial charge on any atom is -0.735 e. The second kappa shape index (κ2) is 65.6. The van der Waals surface area contributed by atoms with E-state index < -0.39 is 352 Å². The van der Waals surface area contributed by atoms with Crippen LogP contribution in [0.1, 0.15) is 0 Å². The molecule has 0 aromatic heterocycles. The molecule has 0 aliphatic carbocycles. The van der Waals surface area contributed by atoms with Crippen molar-refractivity contribution in [2.45, 2.75) is 197 Å². The van der Waals surface area contributed by atoms with Crippen molar-refractivity contribution < 1.29 is 619 Å². The number of aliphatic carboxylic acids is 4. The molecule has 0 saturated carbocycles. The number of hydrogen-bond donors (Lipinski definition) is 20. The van der Waals surface area contributed by atoms with Gasteiger partial charge >= 0.3 is 325 Å². The van der Waals surface area contributed by atoms with Crippen LogP contribution in [-0.4, -0.2) is 434 Å². The van der Waals surface area contributed by atoms with Crippen LogP contribution in [0.4, 0.5) is 0 Å². The Bertz CT molecular complexity index is 4840. The molecule has 0 bridgehead atoms. The van der Waals surface area contributed by atoms with Gasteiger partial charge < -0.3 is 210 Å². The average Bonchev–Trinajstić information content (AvgIpc) is 0.804. The minimum atomic E-state index is -5.64. The molecule has 86 heteroatoms. The second-order valence-corrected chi connectivity index (χ2v) is 34.5. The van der Waals surface area contributed by atoms with Crippen LogP contribution in [0.3, 0.4) is 0 Å². The largest absolute Gasteiger partial charge is 1.00 e. The summed E-state index contributed by atoms with van der Waals surface area (Å²) in [5.74, 6) is -12.0. The summed E-state index contributed by atoms with van der Waals surface area (Å²) in [6.45, 7) is -4.38. The standard InChI is InChI=1S/C13H21NO12S.C12H19NO19S3.2C12H19NO16S2.11Na/c1-27(22,23)14-7-9(18)10(6(3-15)24-12(7)21)26-13-8(17)4(16)2-5(25-13)11(19)20;14-3-1-4(10(16)17)30-12(8(3)32-35(25,26)27)31-9-5(2-28-34(22,23)24)29-11(18)6(7(9)15)13-33(19,20)21;14-2-5-9(7(16)6(11(19)26-5)13-30(20,21)22)28-12-8(29-31(23,24)25)3(15)1-4(27-12)10(17)18;14-3-1-4(10(17)18)28-12(7(3)15)29-9-5(2-26-31(23,24)25)27-11(19)6(8(9)16)13-30(20,21)22;;;;;;;;;;;/h2,4,6-10,12-18,21H,3H2,1H3,(H,19,20);1,3,5-9,11-15,18H,2H2,(H,16,17)(H,19,20,21)(H,22,23,24)(H,25,26,27);2*1,3,5-9,11-16,19H,2H2,(H,17,18)(H,20,21,22)(H,23,24,25);;;;;;;;;;;/q;;;;11*+1/p-11/t4-,6+,7+,8+,9+,10?,12?,13-;3*3-,5+,6+,7+,8+,9?,11?,12-;;;;;;;;;;;/m0000.........../s1. The van der Waals surface area contributed by atoms with Crippen molar-refractivity contribution in [2.75, 3.05) is 32.7 Å². The third-order valence-electron chi connectivity index (χ3n) is 16.2. The number of carboxylic acids is 4. The van der Waals surface area contributed by atoms with Gasteiger partial charge in [-0.05, 0) is 24.3 Å². The SMILES string of the molecule is CS(=O)(=O)N[C@H]1C(O)O[C@H](CO)C(O[C@@H]2OC(C(=O)[O-])=C[C@H](O)[C@H]2O)[C@@H]1O.O=C([O-])C1=C[C@H](O)[C@@H](O)[C@H](OC2[C@@H](COS(=O)(=O)[O-])OC(O)[C@H](NS(=O)(=O)[O-])[C@H]2O)O1.O=C([O-])C1=C[C@H](O)[C@@H](OS(=O)(=O)[O-])[C@H](OC2[C@@H](CO)OC(O)[C@H](NS(=O)(=O)[O-])[C@H]2O)O1.O=C([O-])C1=C[C@H](O)[C@@H](OS(=O)(=O)[O-])[C@H](OC2[C@@H](COS(=O)(=O)[O-])OC(O)[C@H](NS(=O)(=O)[O-])[C@H]2O)O1.[Na+].[Na+].[Na+].[Na+].[Na+].[Na+].[Na+].[Na+].[Na+].[Na+].[Na+]. The maximum absolute atomic E-state index is 11.4. The normalized spacial score (nSPS) is 34.0. The summed E-state index contributed by atoms with van der Waals surface area (Å²) in [7, 11) is -41.8. The Morgan fingerprint density at radius 3 is 0.726 bits per heavy atom. The van der Waals surface area contributed by atoms with E-state index in [-0.39, 0.29) is 325 Å². The molecule has 8 aliphatic rings. The Kier molecular flexibility index (Phi) is 74.3. The quantitative estimate of drug-likeness (QED) is 0.0169. The molecule has 0 spiro atoms. The van der Waals surface area contributed by atoms with Gasteiger partial charge in [0.2, 0.25) is 76.8 Å². The van der Waals surface area contributed by atoms with Gasteiger partial charge in [-0.15, -0.1) is 0 Å². The Balaban J connectivity index is -0.000000316. The van der Waals surface area contributed by atoms with E-state index in [0.29, 0.717) is 24.3 Å². The van der Waals surface area contributed by atoms with Gasteiger partial charge in [0.05, 0.1) is 32.7 Å². The maximum atomic E-state index is 11.4. The summed E-state index contributed by atoms with van der Waals surface area (Å²) in [5, 5.41) is 203. The second-order valence-electron chi connectivity index (χ2n) is 25.2. The summed E-state index contributed by atoms with van der Waals surface area (Å²) in [5.41, 5.74) is 0. The molecule has 20 N–H and O–H groups in total. The minimum absolute atomic E-state index is 0. The molecule has 8 heterocycles. The van der Waals surface area contributed by atoms with Gasteiger partial charge in [-0.2, -0.15) is 0 Å². The topological polar surface area (TPSA) is 1110 Å². The zero-order valence-electron chi connectivity index (χ0n) is 71.2. The fourth-order valence-electron chi connectivity index (χ4n) is 11.1. The zero-order chi connectivity index (χ0) is 94.9. The number of aliphatic hydroxyl groups excluding tert-OH is 16. The molecular weight excluding hydrogens is 2160 g/mol. The number of aliphatic hydroxyl groups is 16. The van der Waals surface area contributed by atoms with Crippen molar-refractivity contribution in [2.24, 2.45) is 0 Å². The fraction of sp³-hybridized carbons (Fsp3) is 0.755. The van der Waals surface area contributed by atoms with E-state index in [2.05, 4.69) is 16.7 Å². The van der Waals surface area contributed by atoms with Gasteiger partial charge in [0.1, 0.15) is 181 Å². The van der Waals surface area contributed by atoms with Crippen LogP contribution in [-0.2, 0) is 175 Å². The first-order chi connectivity index (χ1) is 56.4. The first-order valence-corrected chi connectivity index (χ1v) is 43.9. The number of ether oxygens (including phenoxy) is 12. The summed E-state index contributed by atoms with van der Waals surface area (Å²) >= 11 is 0. The predicted molar refractivity (Wildman–Crippen MR) is 341 cm³/mol. The smallest absolute Gasteiger partial charge is 0.735 e. The van der Waals surface area contributed by atoms with Crippen LogP contribution in [0.25, 0.3) is 0 Å². The van der Waals surface area contributed by atoms with Crippen molar-refractivity contribution in [3.8, 4) is 0 Å². The Morgan fingerprint density at radius 2 is 0.519 bits per heavy atom. The van der Waals surface area contributed by atoms with E-state index in [0.717, 1.165) is 6.26 Å². The van der Waals surface area contributed by atoms with Crippen molar-refractivity contribution in [1.29, 1.82) is 0 Å². The van der Waals surface area contributed by atoms with Crippen molar-refractivity contribution >= 4 is 106 Å². The molecular formula is C49H67N4Na11O63S8. The van der Waals surface area contributed by atoms with E-state index in [9.17, 15) is 221 Å². The Labute approximate surface area is 1000 Å². The van der Waals surface area contributed by atoms with Gasteiger partial charge in [0.25, 0.3) is 0 Å². The van der Waals surface area contributed by atoms with Gasteiger partial charge in [-0.25, -0.2) is 86.2 Å². The zero-order valence-corrected chi connectivity index (χ0v) is 99.8. The number of carboxylic acid groups (broad SMARTS) is 4. The van der Waals surface area contributed by atoms with Crippen LogP contribution < -0.4 is 364 Å². The fourth-order valence-corrected chi connectivity index (χ4v) is 15.2. The molecule has 32 atom stereocenters. The van der Waals surface area contributed by atoms with Gasteiger partial charge in [0.15, 0.2) is 68.3 Å². The molecule has 720 valence electrons. The predicted octanol–water partition coefficient (Wildman–Crippen LogP) is -60.2. The molecule has 8 unspecified atom stereocenters. The Morgan fingerprint density at radius 1 is 0.311 bits per heavy atom. The van der Waals surface area contributed by atoms with Gasteiger partial charge in [0, 0.05) is 0 Å². The number of nitrogens with one attached hydrogen (secondary N) is 4. The summed E-state index contributed by atoms with van der Waals surface area (Å²) in [6.07, 6.45) is -54.4. The number of hydrogen-bond acceptors (Lipinski definition) is 63. The van der Waals surface area contributed by atoms with Gasteiger partial charge in [-0.1, -0.05) is 0 Å². The molecule has 0 amide bonds. The van der Waals surface area contributed by atoms with Crippen LogP contribution in [0.15, 0.2) is 47.3 Å². The number of rotatable bonds is 32. The van der Waals surface area contributed by atoms with Gasteiger partial charge in [-0.3, -0.25) is 16.7 Å². The number of carbonyl (C=O) groups excluding carboxylic acids is 4. The van der Waals surface area contributed by atoms with E-state index in [4.69, 9.17) is 56.8 Å². The average molecular weight is 2230 g/mol. The van der Waals surface area contributed by atoms with E-state index >= 15 is 0 Å². The maximum Gasteiger partial charge on any atom is 1.00 e. The summed E-state index contributed by atoms with van der Waals surface area (Å²) < 4.78 is 332. The molecule has 135 heavy (non-hydrogen) atoms. The van der Waals surface area contributed by atoms with Crippen LogP contribution in [0.5, 0.6) is 0 Å². The molecule has 4 fully saturated rings. The van der Waals surface area contributed by atoms with Crippen molar-refractivity contribution in [3.63, 3.8) is 0 Å². The molecule has 0 aromatic rings. The van der Waals surface area contributed by atoms with Crippen molar-refractivity contribution in [1.82, 2.24) is 18.9 Å². The van der Waals surface area contributed by atoms with Crippen LogP contribution >= 0.6 is 0 Å². The Hall–Kier alpha value is 5.08. The van der Waals surface area contributed by atoms with Crippen molar-refractivity contribution in [3.05, 3.63) is 47.3 Å². The number of sulfonamides is 1. The van der Waals surface area contributed by atoms with E-state index in [1.165, 1.54) is 14.2 Å². The van der Waals surface area contributed by atoms with Crippen LogP contribution in [0.2, 0.25) is 0 Å². The molecule has 67 nitrogen and oxygen atoms in total. The monoisotopic (exact) mass is 2230 g/mol. The summed E-state index contributed by atoms with van der Waals surface area (Å²) in [6, 6.07) is -8.03. The van der Waals surface area contributed by atoms with E-state index in [1.54, 1.807) is 0 Å². The molecule has 0 radical (unpaired) electrons.